The number of benzene rings is 1. The number of hydrogen-bond donors (Lipinski definition) is 0. The van der Waals surface area contributed by atoms with Crippen molar-refractivity contribution in [2.75, 3.05) is 6.54 Å². The number of nitrogens with zero attached hydrogens (tertiary/aromatic N) is 1. The fourth-order valence-electron chi connectivity index (χ4n) is 1.98. The molecule has 0 radical (unpaired) electrons. The molecule has 1 heteroatoms. The molecule has 0 unspecified atom stereocenters. The van der Waals surface area contributed by atoms with Crippen LogP contribution in [0.3, 0.4) is 0 Å². The van der Waals surface area contributed by atoms with Crippen LogP contribution >= 0.6 is 0 Å². The van der Waals surface area contributed by atoms with E-state index >= 15 is 0 Å². The number of hydrogen-bond acceptors (Lipinski definition) is 1. The Kier molecular flexibility index (Phi) is 2.18. The molecule has 0 saturated carbocycles. The molecule has 1 aliphatic heterocycles. The zero-order valence-electron chi connectivity index (χ0n) is 9.17. The lowest BCUT2D eigenvalue weighted by Crippen LogP contribution is -2.26. The van der Waals surface area contributed by atoms with Gasteiger partial charge in [0.1, 0.15) is 0 Å². The van der Waals surface area contributed by atoms with Gasteiger partial charge in [-0.15, -0.1) is 0 Å². The highest BCUT2D eigenvalue weighted by atomic mass is 14.8. The Bertz CT molecular complexity index is 369. The van der Waals surface area contributed by atoms with E-state index in [1.807, 2.05) is 0 Å². The molecule has 0 atom stereocenters. The molecule has 0 spiro atoms. The SMILES string of the molecule is CC(C)(C)C1=NCCc2ccccc21. The molecule has 0 bridgehead atoms. The molecular weight excluding hydrogens is 170 g/mol. The molecule has 14 heavy (non-hydrogen) atoms. The maximum atomic E-state index is 4.66. The Labute approximate surface area is 85.9 Å². The fraction of sp³-hybridized carbons (Fsp3) is 0.462. The van der Waals surface area contributed by atoms with Crippen LogP contribution in [0.15, 0.2) is 29.3 Å². The van der Waals surface area contributed by atoms with Crippen molar-refractivity contribution in [3.63, 3.8) is 0 Å². The minimum atomic E-state index is 0.163. The molecule has 0 aromatic heterocycles. The zero-order valence-corrected chi connectivity index (χ0v) is 9.17. The third kappa shape index (κ3) is 1.59. The van der Waals surface area contributed by atoms with E-state index in [1.54, 1.807) is 0 Å². The van der Waals surface area contributed by atoms with Gasteiger partial charge in [-0.1, -0.05) is 45.0 Å². The summed E-state index contributed by atoms with van der Waals surface area (Å²) in [6.07, 6.45) is 1.09. The second-order valence-corrected chi connectivity index (χ2v) is 4.89. The van der Waals surface area contributed by atoms with E-state index < -0.39 is 0 Å². The van der Waals surface area contributed by atoms with Crippen molar-refractivity contribution in [1.29, 1.82) is 0 Å². The third-order valence-electron chi connectivity index (χ3n) is 2.63. The Morgan fingerprint density at radius 2 is 1.86 bits per heavy atom. The topological polar surface area (TPSA) is 12.4 Å². The smallest absolute Gasteiger partial charge is 0.0476 e. The van der Waals surface area contributed by atoms with Gasteiger partial charge in [-0.25, -0.2) is 0 Å². The summed E-state index contributed by atoms with van der Waals surface area (Å²) in [4.78, 5) is 4.66. The highest BCUT2D eigenvalue weighted by molar-refractivity contribution is 6.05. The number of fused-ring (bicyclic) bond motifs is 1. The largest absolute Gasteiger partial charge is 0.288 e. The molecule has 2 rings (SSSR count). The standard InChI is InChI=1S/C13H17N/c1-13(2,3)12-11-7-5-4-6-10(11)8-9-14-12/h4-7H,8-9H2,1-3H3. The van der Waals surface area contributed by atoms with Gasteiger partial charge >= 0.3 is 0 Å². The first-order valence-electron chi connectivity index (χ1n) is 5.22. The van der Waals surface area contributed by atoms with Gasteiger partial charge in [0.15, 0.2) is 0 Å². The van der Waals surface area contributed by atoms with E-state index in [0.717, 1.165) is 13.0 Å². The van der Waals surface area contributed by atoms with Gasteiger partial charge in [0.25, 0.3) is 0 Å². The molecule has 0 aliphatic carbocycles. The summed E-state index contributed by atoms with van der Waals surface area (Å²) >= 11 is 0. The second-order valence-electron chi connectivity index (χ2n) is 4.89. The molecule has 0 amide bonds. The summed E-state index contributed by atoms with van der Waals surface area (Å²) in [5.74, 6) is 0. The van der Waals surface area contributed by atoms with Gasteiger partial charge in [-0.2, -0.15) is 0 Å². The van der Waals surface area contributed by atoms with Crippen LogP contribution in [0, 0.1) is 5.41 Å². The Morgan fingerprint density at radius 3 is 2.57 bits per heavy atom. The van der Waals surface area contributed by atoms with Gasteiger partial charge in [-0.3, -0.25) is 4.99 Å². The summed E-state index contributed by atoms with van der Waals surface area (Å²) in [5, 5.41) is 0. The van der Waals surface area contributed by atoms with Crippen molar-refractivity contribution in [2.24, 2.45) is 10.4 Å². The number of aliphatic imine (C=N–C) groups is 1. The van der Waals surface area contributed by atoms with Crippen molar-refractivity contribution in [1.82, 2.24) is 0 Å². The van der Waals surface area contributed by atoms with Gasteiger partial charge in [0, 0.05) is 17.7 Å². The Morgan fingerprint density at radius 1 is 1.14 bits per heavy atom. The molecular formula is C13H17N. The first-order valence-corrected chi connectivity index (χ1v) is 5.22. The van der Waals surface area contributed by atoms with Crippen LogP contribution in [0.5, 0.6) is 0 Å². The lowest BCUT2D eigenvalue weighted by Gasteiger charge is -2.26. The van der Waals surface area contributed by atoms with Crippen molar-refractivity contribution in [3.05, 3.63) is 35.4 Å². The van der Waals surface area contributed by atoms with Crippen LogP contribution < -0.4 is 0 Å². The van der Waals surface area contributed by atoms with Crippen LogP contribution in [0.2, 0.25) is 0 Å². The quantitative estimate of drug-likeness (QED) is 0.592. The maximum Gasteiger partial charge on any atom is 0.0476 e. The minimum absolute atomic E-state index is 0.163. The average molecular weight is 187 g/mol. The van der Waals surface area contributed by atoms with E-state index in [2.05, 4.69) is 50.0 Å². The monoisotopic (exact) mass is 187 g/mol. The van der Waals surface area contributed by atoms with E-state index in [9.17, 15) is 0 Å². The molecule has 74 valence electrons. The molecule has 1 heterocycles. The van der Waals surface area contributed by atoms with E-state index in [0.29, 0.717) is 0 Å². The lowest BCUT2D eigenvalue weighted by atomic mass is 9.82. The Hall–Kier alpha value is -1.11. The zero-order chi connectivity index (χ0) is 10.2. The summed E-state index contributed by atoms with van der Waals surface area (Å²) in [7, 11) is 0. The summed E-state index contributed by atoms with van der Waals surface area (Å²) in [6, 6.07) is 8.63. The lowest BCUT2D eigenvalue weighted by molar-refractivity contribution is 0.585. The molecule has 1 aromatic rings. The van der Waals surface area contributed by atoms with Crippen molar-refractivity contribution >= 4 is 5.71 Å². The predicted molar refractivity (Wildman–Crippen MR) is 61.0 cm³/mol. The minimum Gasteiger partial charge on any atom is -0.288 e. The van der Waals surface area contributed by atoms with E-state index in [-0.39, 0.29) is 5.41 Å². The highest BCUT2D eigenvalue weighted by Gasteiger charge is 2.24. The van der Waals surface area contributed by atoms with Crippen LogP contribution in [0.25, 0.3) is 0 Å². The summed E-state index contributed by atoms with van der Waals surface area (Å²) in [5.41, 5.74) is 4.23. The van der Waals surface area contributed by atoms with Gasteiger partial charge in [0.2, 0.25) is 0 Å². The van der Waals surface area contributed by atoms with Crippen LogP contribution in [-0.4, -0.2) is 12.3 Å². The maximum absolute atomic E-state index is 4.66. The first kappa shape index (κ1) is 9.45. The molecule has 1 aliphatic rings. The summed E-state index contributed by atoms with van der Waals surface area (Å²) in [6.45, 7) is 7.64. The Balaban J connectivity index is 2.51. The van der Waals surface area contributed by atoms with Gasteiger partial charge in [-0.05, 0) is 17.5 Å². The van der Waals surface area contributed by atoms with Crippen molar-refractivity contribution in [3.8, 4) is 0 Å². The second kappa shape index (κ2) is 3.23. The predicted octanol–water partition coefficient (Wildman–Crippen LogP) is 3.08. The van der Waals surface area contributed by atoms with Crippen LogP contribution in [0.1, 0.15) is 31.9 Å². The molecule has 0 N–H and O–H groups in total. The van der Waals surface area contributed by atoms with Gasteiger partial charge < -0.3 is 0 Å². The molecule has 1 nitrogen and oxygen atoms in total. The molecule has 0 fully saturated rings. The van der Waals surface area contributed by atoms with Crippen molar-refractivity contribution < 1.29 is 0 Å². The van der Waals surface area contributed by atoms with Gasteiger partial charge in [0.05, 0.1) is 0 Å². The number of rotatable bonds is 0. The summed E-state index contributed by atoms with van der Waals surface area (Å²) < 4.78 is 0. The highest BCUT2D eigenvalue weighted by Crippen LogP contribution is 2.27. The van der Waals surface area contributed by atoms with E-state index in [4.69, 9.17) is 0 Å². The van der Waals surface area contributed by atoms with E-state index in [1.165, 1.54) is 16.8 Å². The van der Waals surface area contributed by atoms with Crippen molar-refractivity contribution in [2.45, 2.75) is 27.2 Å². The van der Waals surface area contributed by atoms with Crippen LogP contribution in [0.4, 0.5) is 0 Å². The first-order chi connectivity index (χ1) is 6.59. The molecule has 0 saturated heterocycles. The van der Waals surface area contributed by atoms with Crippen LogP contribution in [-0.2, 0) is 6.42 Å². The average Bonchev–Trinajstić information content (AvgIpc) is 2.15. The normalized spacial score (nSPS) is 16.1. The fourth-order valence-corrected chi connectivity index (χ4v) is 1.98. The third-order valence-corrected chi connectivity index (χ3v) is 2.63. The molecule has 1 aromatic carbocycles.